The average Bonchev–Trinajstić information content (AvgIpc) is 3.37. The number of benzene rings is 1. The number of ether oxygens (including phenoxy) is 1. The molecule has 0 radical (unpaired) electrons. The Morgan fingerprint density at radius 2 is 1.85 bits per heavy atom. The Hall–Kier alpha value is -2.25. The number of aliphatic carboxylic acids is 1. The van der Waals surface area contributed by atoms with E-state index in [1.807, 2.05) is 17.5 Å². The molecule has 2 aliphatic rings. The van der Waals surface area contributed by atoms with Gasteiger partial charge in [-0.05, 0) is 24.3 Å². The first-order chi connectivity index (χ1) is 12.9. The number of aromatic nitrogens is 1. The van der Waals surface area contributed by atoms with Crippen LogP contribution in [0, 0.1) is 11.8 Å². The second kappa shape index (κ2) is 7.05. The number of hydrogen-bond donors (Lipinski definition) is 2. The highest BCUT2D eigenvalue weighted by Crippen LogP contribution is 2.44. The van der Waals surface area contributed by atoms with Crippen LogP contribution in [-0.4, -0.2) is 34.2 Å². The molecule has 2 N–H and O–H groups in total. The summed E-state index contributed by atoms with van der Waals surface area (Å²) in [6.45, 7) is 4.30. The number of amides is 1. The van der Waals surface area contributed by atoms with E-state index in [-0.39, 0.29) is 18.1 Å². The summed E-state index contributed by atoms with van der Waals surface area (Å²) in [6, 6.07) is 8.23. The van der Waals surface area contributed by atoms with E-state index >= 15 is 0 Å². The molecule has 2 aromatic rings. The zero-order valence-corrected chi connectivity index (χ0v) is 16.0. The summed E-state index contributed by atoms with van der Waals surface area (Å²) in [6.07, 6.45) is 0.783. The molecule has 1 aromatic heterocycles. The van der Waals surface area contributed by atoms with Crippen LogP contribution < -0.4 is 5.32 Å². The van der Waals surface area contributed by atoms with Crippen LogP contribution in [0.2, 0.25) is 0 Å². The second-order valence-corrected chi connectivity index (χ2v) is 8.34. The fourth-order valence-electron chi connectivity index (χ4n) is 4.02. The number of rotatable bonds is 5. The van der Waals surface area contributed by atoms with E-state index < -0.39 is 17.8 Å². The third-order valence-corrected chi connectivity index (χ3v) is 6.23. The molecule has 142 valence electrons. The van der Waals surface area contributed by atoms with E-state index in [1.165, 1.54) is 16.9 Å². The van der Waals surface area contributed by atoms with E-state index in [0.717, 1.165) is 17.7 Å². The van der Waals surface area contributed by atoms with Crippen LogP contribution in [0.4, 0.5) is 5.13 Å². The molecule has 3 heterocycles. The van der Waals surface area contributed by atoms with E-state index in [4.69, 9.17) is 4.74 Å². The van der Waals surface area contributed by atoms with Crippen molar-refractivity contribution in [3.63, 3.8) is 0 Å². The summed E-state index contributed by atoms with van der Waals surface area (Å²) >= 11 is 1.34. The number of carbonyl (C=O) groups excluding carboxylic acids is 1. The van der Waals surface area contributed by atoms with Crippen LogP contribution in [0.1, 0.15) is 38.2 Å². The van der Waals surface area contributed by atoms with Gasteiger partial charge in [0.15, 0.2) is 5.13 Å². The van der Waals surface area contributed by atoms with Crippen molar-refractivity contribution < 1.29 is 19.4 Å². The third kappa shape index (κ3) is 3.37. The molecule has 6 nitrogen and oxygen atoms in total. The Kier molecular flexibility index (Phi) is 4.74. The van der Waals surface area contributed by atoms with Gasteiger partial charge in [-0.3, -0.25) is 9.59 Å². The monoisotopic (exact) mass is 386 g/mol. The highest BCUT2D eigenvalue weighted by Gasteiger charge is 2.55. The maximum Gasteiger partial charge on any atom is 0.310 e. The van der Waals surface area contributed by atoms with Crippen molar-refractivity contribution in [1.29, 1.82) is 0 Å². The Labute approximate surface area is 161 Å². The topological polar surface area (TPSA) is 88.5 Å². The quantitative estimate of drug-likeness (QED) is 0.817. The van der Waals surface area contributed by atoms with Crippen molar-refractivity contribution in [3.8, 4) is 11.3 Å². The van der Waals surface area contributed by atoms with Crippen molar-refractivity contribution in [2.45, 2.75) is 44.8 Å². The first-order valence-corrected chi connectivity index (χ1v) is 10.1. The van der Waals surface area contributed by atoms with Crippen molar-refractivity contribution in [3.05, 3.63) is 35.2 Å². The molecule has 27 heavy (non-hydrogen) atoms. The summed E-state index contributed by atoms with van der Waals surface area (Å²) in [4.78, 5) is 28.7. The molecule has 1 amide bonds. The molecule has 4 rings (SSSR count). The molecule has 0 aliphatic carbocycles. The largest absolute Gasteiger partial charge is 0.481 e. The highest BCUT2D eigenvalue weighted by molar-refractivity contribution is 7.14. The first kappa shape index (κ1) is 18.1. The lowest BCUT2D eigenvalue weighted by atomic mass is 9.79. The maximum atomic E-state index is 12.7. The van der Waals surface area contributed by atoms with Gasteiger partial charge in [-0.2, -0.15) is 0 Å². The molecule has 7 heteroatoms. The first-order valence-electron chi connectivity index (χ1n) is 9.19. The van der Waals surface area contributed by atoms with Gasteiger partial charge in [0.05, 0.1) is 29.7 Å². The van der Waals surface area contributed by atoms with Crippen LogP contribution in [0.15, 0.2) is 29.6 Å². The molecule has 2 saturated heterocycles. The second-order valence-electron chi connectivity index (χ2n) is 7.48. The van der Waals surface area contributed by atoms with Crippen LogP contribution >= 0.6 is 11.3 Å². The van der Waals surface area contributed by atoms with Gasteiger partial charge in [-0.25, -0.2) is 4.98 Å². The minimum Gasteiger partial charge on any atom is -0.481 e. The van der Waals surface area contributed by atoms with Gasteiger partial charge in [0.25, 0.3) is 0 Å². The molecule has 2 fully saturated rings. The maximum absolute atomic E-state index is 12.7. The number of nitrogens with zero attached hydrogens (tertiary/aromatic N) is 1. The number of carbonyl (C=O) groups is 2. The predicted octanol–water partition coefficient (Wildman–Crippen LogP) is 3.75. The standard InChI is InChI=1S/C20H22N2O4S/c1-10(2)11-3-5-12(6-4-11)13-9-27-20(21-13)22-18(23)16-14-7-8-15(26-14)17(16)19(24)25/h3-6,9-10,14-17H,7-8H2,1-2H3,(H,24,25)(H,21,22,23)/t14-,15-,16-,17-/m1/s1. The van der Waals surface area contributed by atoms with Crippen molar-refractivity contribution >= 4 is 28.3 Å². The molecule has 4 atom stereocenters. The Bertz CT molecular complexity index is 861. The SMILES string of the molecule is CC(C)c1ccc(-c2csc(NC(=O)[C@H]3[C@H](C(=O)O)[C@H]4CC[C@H]3O4)n2)cc1. The van der Waals surface area contributed by atoms with E-state index in [0.29, 0.717) is 17.5 Å². The molecule has 0 saturated carbocycles. The Morgan fingerprint density at radius 1 is 1.19 bits per heavy atom. The molecular weight excluding hydrogens is 364 g/mol. The van der Waals surface area contributed by atoms with E-state index in [2.05, 4.69) is 36.3 Å². The summed E-state index contributed by atoms with van der Waals surface area (Å²) in [5.41, 5.74) is 3.05. The minimum absolute atomic E-state index is 0.306. The zero-order valence-electron chi connectivity index (χ0n) is 15.2. The molecule has 2 aliphatic heterocycles. The lowest BCUT2D eigenvalue weighted by Crippen LogP contribution is -2.40. The number of thiazole rings is 1. The average molecular weight is 386 g/mol. The molecule has 2 bridgehead atoms. The van der Waals surface area contributed by atoms with E-state index in [9.17, 15) is 14.7 Å². The van der Waals surface area contributed by atoms with Crippen LogP contribution in [0.3, 0.4) is 0 Å². The van der Waals surface area contributed by atoms with Crippen molar-refractivity contribution in [2.75, 3.05) is 5.32 Å². The van der Waals surface area contributed by atoms with Gasteiger partial charge in [0, 0.05) is 10.9 Å². The van der Waals surface area contributed by atoms with Gasteiger partial charge in [-0.1, -0.05) is 38.1 Å². The number of hydrogen-bond acceptors (Lipinski definition) is 5. The molecule has 0 spiro atoms. The Balaban J connectivity index is 1.47. The summed E-state index contributed by atoms with van der Waals surface area (Å²) in [7, 11) is 0. The number of anilines is 1. The minimum atomic E-state index is -0.965. The fourth-order valence-corrected chi connectivity index (χ4v) is 4.74. The summed E-state index contributed by atoms with van der Waals surface area (Å²) in [5, 5.41) is 14.6. The number of fused-ring (bicyclic) bond motifs is 2. The molecular formula is C20H22N2O4S. The van der Waals surface area contributed by atoms with Crippen LogP contribution in [-0.2, 0) is 14.3 Å². The Morgan fingerprint density at radius 3 is 2.48 bits per heavy atom. The lowest BCUT2D eigenvalue weighted by Gasteiger charge is -2.23. The van der Waals surface area contributed by atoms with Gasteiger partial charge < -0.3 is 15.2 Å². The number of carboxylic acids is 1. The lowest BCUT2D eigenvalue weighted by molar-refractivity contribution is -0.147. The zero-order chi connectivity index (χ0) is 19.1. The number of carboxylic acid groups (broad SMARTS) is 1. The van der Waals surface area contributed by atoms with Gasteiger partial charge >= 0.3 is 5.97 Å². The fraction of sp³-hybridized carbons (Fsp3) is 0.450. The normalized spacial score (nSPS) is 26.5. The smallest absolute Gasteiger partial charge is 0.310 e. The van der Waals surface area contributed by atoms with Gasteiger partial charge in [-0.15, -0.1) is 11.3 Å². The van der Waals surface area contributed by atoms with Crippen LogP contribution in [0.5, 0.6) is 0 Å². The summed E-state index contributed by atoms with van der Waals surface area (Å²) in [5.74, 6) is -2.24. The van der Waals surface area contributed by atoms with Crippen molar-refractivity contribution in [1.82, 2.24) is 4.98 Å². The predicted molar refractivity (Wildman–Crippen MR) is 103 cm³/mol. The van der Waals surface area contributed by atoms with E-state index in [1.54, 1.807) is 0 Å². The van der Waals surface area contributed by atoms with Crippen LogP contribution in [0.25, 0.3) is 11.3 Å². The molecule has 1 aromatic carbocycles. The summed E-state index contributed by atoms with van der Waals surface area (Å²) < 4.78 is 5.66. The highest BCUT2D eigenvalue weighted by atomic mass is 32.1. The molecule has 0 unspecified atom stereocenters. The third-order valence-electron chi connectivity index (χ3n) is 5.47. The van der Waals surface area contributed by atoms with Gasteiger partial charge in [0.1, 0.15) is 0 Å². The van der Waals surface area contributed by atoms with Gasteiger partial charge in [0.2, 0.25) is 5.91 Å². The number of nitrogens with one attached hydrogen (secondary N) is 1. The van der Waals surface area contributed by atoms with Crippen molar-refractivity contribution in [2.24, 2.45) is 11.8 Å².